The second-order valence-corrected chi connectivity index (χ2v) is 7.55. The van der Waals surface area contributed by atoms with E-state index >= 15 is 0 Å². The predicted octanol–water partition coefficient (Wildman–Crippen LogP) is 3.97. The molecule has 0 radical (unpaired) electrons. The fourth-order valence-electron chi connectivity index (χ4n) is 3.83. The third kappa shape index (κ3) is 2.19. The first-order valence-corrected chi connectivity index (χ1v) is 7.62. The fraction of sp³-hybridized carbons (Fsp3) is 0.600. The van der Waals surface area contributed by atoms with Crippen LogP contribution in [0.3, 0.4) is 0 Å². The zero-order valence-electron chi connectivity index (χ0n) is 10.6. The predicted molar refractivity (Wildman–Crippen MR) is 74.2 cm³/mol. The van der Waals surface area contributed by atoms with Gasteiger partial charge in [-0.15, -0.1) is 11.8 Å². The Kier molecular flexibility index (Phi) is 3.15. The molecule has 0 atom stereocenters. The summed E-state index contributed by atoms with van der Waals surface area (Å²) in [4.78, 5) is 1.02. The Morgan fingerprint density at radius 1 is 1.22 bits per heavy atom. The van der Waals surface area contributed by atoms with Gasteiger partial charge in [-0.2, -0.15) is 0 Å². The highest BCUT2D eigenvalue weighted by Gasteiger charge is 2.54. The van der Waals surface area contributed by atoms with E-state index in [4.69, 9.17) is 5.73 Å². The molecule has 2 aliphatic carbocycles. The summed E-state index contributed by atoms with van der Waals surface area (Å²) in [6.07, 6.45) is 7.95. The summed E-state index contributed by atoms with van der Waals surface area (Å²) in [6, 6.07) is 6.90. The van der Waals surface area contributed by atoms with Gasteiger partial charge in [-0.3, -0.25) is 0 Å². The average Bonchev–Trinajstić information content (AvgIpc) is 2.77. The first kappa shape index (κ1) is 12.5. The largest absolute Gasteiger partial charge is 0.329 e. The summed E-state index contributed by atoms with van der Waals surface area (Å²) in [7, 11) is 0. The van der Waals surface area contributed by atoms with Crippen LogP contribution in [-0.2, 0) is 0 Å². The molecule has 3 heteroatoms. The van der Waals surface area contributed by atoms with Crippen LogP contribution in [0.25, 0.3) is 0 Å². The highest BCUT2D eigenvalue weighted by atomic mass is 32.2. The lowest BCUT2D eigenvalue weighted by molar-refractivity contribution is 0.0935. The van der Waals surface area contributed by atoms with Crippen molar-refractivity contribution in [3.63, 3.8) is 0 Å². The van der Waals surface area contributed by atoms with Gasteiger partial charge in [0.1, 0.15) is 5.82 Å². The van der Waals surface area contributed by atoms with Gasteiger partial charge >= 0.3 is 0 Å². The van der Waals surface area contributed by atoms with E-state index in [1.807, 2.05) is 6.07 Å². The zero-order valence-corrected chi connectivity index (χ0v) is 11.4. The van der Waals surface area contributed by atoms with Gasteiger partial charge in [0.05, 0.1) is 0 Å². The monoisotopic (exact) mass is 265 g/mol. The molecule has 1 nitrogen and oxygen atoms in total. The Bertz CT molecular complexity index is 432. The van der Waals surface area contributed by atoms with E-state index in [0.717, 1.165) is 4.90 Å². The second-order valence-electron chi connectivity index (χ2n) is 6.01. The minimum absolute atomic E-state index is 0.151. The molecule has 2 N–H and O–H groups in total. The Hall–Kier alpha value is -0.540. The standard InChI is InChI=1S/C15H20FNS/c16-12-4-3-5-13(8-12)18-15(11-17)9-14(10-15)6-1-2-7-14/h3-5,8H,1-2,6-7,9-11,17H2. The van der Waals surface area contributed by atoms with Gasteiger partial charge in [0.15, 0.2) is 0 Å². The number of thioether (sulfide) groups is 1. The smallest absolute Gasteiger partial charge is 0.124 e. The van der Waals surface area contributed by atoms with E-state index in [-0.39, 0.29) is 10.6 Å². The normalized spacial score (nSPS) is 24.1. The molecule has 0 aliphatic heterocycles. The summed E-state index contributed by atoms with van der Waals surface area (Å²) < 4.78 is 13.4. The Labute approximate surface area is 112 Å². The van der Waals surface area contributed by atoms with Crippen molar-refractivity contribution in [2.75, 3.05) is 6.54 Å². The van der Waals surface area contributed by atoms with Gasteiger partial charge in [-0.25, -0.2) is 4.39 Å². The fourth-order valence-corrected chi connectivity index (χ4v) is 5.49. The molecule has 0 heterocycles. The van der Waals surface area contributed by atoms with Crippen molar-refractivity contribution in [2.24, 2.45) is 11.1 Å². The van der Waals surface area contributed by atoms with Gasteiger partial charge in [-0.1, -0.05) is 18.9 Å². The lowest BCUT2D eigenvalue weighted by atomic mass is 9.60. The highest BCUT2D eigenvalue weighted by molar-refractivity contribution is 8.00. The van der Waals surface area contributed by atoms with Gasteiger partial charge in [0, 0.05) is 16.2 Å². The van der Waals surface area contributed by atoms with Crippen LogP contribution in [0.4, 0.5) is 4.39 Å². The molecular formula is C15H20FNS. The molecule has 1 aromatic carbocycles. The quantitative estimate of drug-likeness (QED) is 0.895. The van der Waals surface area contributed by atoms with Crippen molar-refractivity contribution in [1.29, 1.82) is 0 Å². The van der Waals surface area contributed by atoms with Crippen LogP contribution in [-0.4, -0.2) is 11.3 Å². The van der Waals surface area contributed by atoms with Crippen molar-refractivity contribution in [3.05, 3.63) is 30.1 Å². The van der Waals surface area contributed by atoms with Gasteiger partial charge < -0.3 is 5.73 Å². The maximum Gasteiger partial charge on any atom is 0.124 e. The maximum absolute atomic E-state index is 13.2. The van der Waals surface area contributed by atoms with E-state index in [1.165, 1.54) is 44.6 Å². The lowest BCUT2D eigenvalue weighted by Crippen LogP contribution is -2.52. The van der Waals surface area contributed by atoms with Crippen molar-refractivity contribution in [2.45, 2.75) is 48.2 Å². The molecular weight excluding hydrogens is 245 g/mol. The molecule has 0 saturated heterocycles. The SMILES string of the molecule is NCC1(Sc2cccc(F)c2)CC2(CCCC2)C1. The molecule has 1 spiro atoms. The van der Waals surface area contributed by atoms with Crippen molar-refractivity contribution >= 4 is 11.8 Å². The molecule has 0 amide bonds. The molecule has 1 aromatic rings. The molecule has 0 aromatic heterocycles. The van der Waals surface area contributed by atoms with Gasteiger partial charge in [0.25, 0.3) is 0 Å². The Morgan fingerprint density at radius 3 is 2.56 bits per heavy atom. The van der Waals surface area contributed by atoms with E-state index in [2.05, 4.69) is 0 Å². The van der Waals surface area contributed by atoms with Gasteiger partial charge in [0.2, 0.25) is 0 Å². The van der Waals surface area contributed by atoms with E-state index < -0.39 is 0 Å². The highest BCUT2D eigenvalue weighted by Crippen LogP contribution is 2.63. The minimum atomic E-state index is -0.151. The van der Waals surface area contributed by atoms with Crippen LogP contribution in [0.1, 0.15) is 38.5 Å². The first-order chi connectivity index (χ1) is 8.65. The molecule has 2 saturated carbocycles. The van der Waals surface area contributed by atoms with E-state index in [9.17, 15) is 4.39 Å². The van der Waals surface area contributed by atoms with Crippen LogP contribution in [0.5, 0.6) is 0 Å². The third-order valence-corrected chi connectivity index (χ3v) is 5.94. The Balaban J connectivity index is 1.71. The van der Waals surface area contributed by atoms with E-state index in [1.54, 1.807) is 23.9 Å². The summed E-state index contributed by atoms with van der Waals surface area (Å²) in [5.41, 5.74) is 6.57. The summed E-state index contributed by atoms with van der Waals surface area (Å²) in [5.74, 6) is -0.151. The van der Waals surface area contributed by atoms with Crippen LogP contribution in [0, 0.1) is 11.2 Å². The third-order valence-electron chi connectivity index (χ3n) is 4.56. The molecule has 0 bridgehead atoms. The zero-order chi connectivity index (χ0) is 12.6. The average molecular weight is 265 g/mol. The molecule has 0 unspecified atom stereocenters. The summed E-state index contributed by atoms with van der Waals surface area (Å²) in [5, 5.41) is 0. The maximum atomic E-state index is 13.2. The number of hydrogen-bond donors (Lipinski definition) is 1. The van der Waals surface area contributed by atoms with Crippen LogP contribution >= 0.6 is 11.8 Å². The van der Waals surface area contributed by atoms with Crippen molar-refractivity contribution < 1.29 is 4.39 Å². The molecule has 3 rings (SSSR count). The van der Waals surface area contributed by atoms with Crippen LogP contribution in [0.2, 0.25) is 0 Å². The van der Waals surface area contributed by atoms with Crippen molar-refractivity contribution in [3.8, 4) is 0 Å². The first-order valence-electron chi connectivity index (χ1n) is 6.80. The number of halogens is 1. The molecule has 18 heavy (non-hydrogen) atoms. The number of rotatable bonds is 3. The Morgan fingerprint density at radius 2 is 1.94 bits per heavy atom. The van der Waals surface area contributed by atoms with Crippen molar-refractivity contribution in [1.82, 2.24) is 0 Å². The van der Waals surface area contributed by atoms with E-state index in [0.29, 0.717) is 12.0 Å². The number of nitrogens with two attached hydrogens (primary N) is 1. The second kappa shape index (κ2) is 4.53. The number of benzene rings is 1. The van der Waals surface area contributed by atoms with Crippen LogP contribution < -0.4 is 5.73 Å². The summed E-state index contributed by atoms with van der Waals surface area (Å²) in [6.45, 7) is 0.704. The summed E-state index contributed by atoms with van der Waals surface area (Å²) >= 11 is 1.79. The van der Waals surface area contributed by atoms with Gasteiger partial charge in [-0.05, 0) is 49.3 Å². The topological polar surface area (TPSA) is 26.0 Å². The number of hydrogen-bond acceptors (Lipinski definition) is 2. The molecule has 2 aliphatic rings. The lowest BCUT2D eigenvalue weighted by Gasteiger charge is -2.54. The van der Waals surface area contributed by atoms with Crippen LogP contribution in [0.15, 0.2) is 29.2 Å². The minimum Gasteiger partial charge on any atom is -0.329 e. The molecule has 2 fully saturated rings. The molecule has 98 valence electrons.